The number of carbonyl (C=O) groups is 2. The largest absolute Gasteiger partial charge is 0.485 e. The number of aryl methyl sites for hydroxylation is 1. The normalized spacial score (nSPS) is 11.0. The van der Waals surface area contributed by atoms with E-state index in [1.807, 2.05) is 49.4 Å². The van der Waals surface area contributed by atoms with Crippen molar-refractivity contribution in [2.75, 3.05) is 5.32 Å². The molecule has 1 aromatic heterocycles. The molecule has 160 valence electrons. The topological polar surface area (TPSA) is 104 Å². The summed E-state index contributed by atoms with van der Waals surface area (Å²) in [5, 5.41) is 11.8. The fourth-order valence-electron chi connectivity index (χ4n) is 3.28. The lowest BCUT2D eigenvalue weighted by molar-refractivity contribution is -0.111. The third-order valence-corrected chi connectivity index (χ3v) is 4.84. The molecule has 0 aliphatic heterocycles. The number of nitrogens with one attached hydrogen (secondary N) is 2. The van der Waals surface area contributed by atoms with Crippen LogP contribution in [0.4, 0.5) is 5.69 Å². The lowest BCUT2D eigenvalue weighted by Crippen LogP contribution is -2.11. The van der Waals surface area contributed by atoms with Crippen LogP contribution in [0, 0.1) is 6.92 Å². The quantitative estimate of drug-likeness (QED) is 0.368. The minimum atomic E-state index is -1.10. The average Bonchev–Trinajstić information content (AvgIpc) is 3.20. The van der Waals surface area contributed by atoms with Gasteiger partial charge in [0.2, 0.25) is 5.91 Å². The fraction of sp³-hybridized carbons (Fsp3) is 0.0800. The van der Waals surface area contributed by atoms with Gasteiger partial charge in [-0.2, -0.15) is 0 Å². The van der Waals surface area contributed by atoms with Crippen molar-refractivity contribution >= 4 is 34.7 Å². The molecular formula is C25H21N3O4. The number of H-pyrrole nitrogens is 1. The maximum Gasteiger partial charge on any atom is 0.337 e. The summed E-state index contributed by atoms with van der Waals surface area (Å²) in [7, 11) is 0. The van der Waals surface area contributed by atoms with Crippen LogP contribution in [-0.4, -0.2) is 27.0 Å². The Labute approximate surface area is 184 Å². The Balaban J connectivity index is 1.39. The van der Waals surface area contributed by atoms with Crippen LogP contribution in [0.2, 0.25) is 0 Å². The predicted octanol–water partition coefficient (Wildman–Crippen LogP) is 4.80. The van der Waals surface area contributed by atoms with Crippen LogP contribution in [0.1, 0.15) is 27.3 Å². The Morgan fingerprint density at radius 3 is 2.66 bits per heavy atom. The second-order valence-corrected chi connectivity index (χ2v) is 7.19. The molecule has 0 bridgehead atoms. The third-order valence-electron chi connectivity index (χ3n) is 4.84. The molecule has 0 fully saturated rings. The van der Waals surface area contributed by atoms with Crippen molar-refractivity contribution < 1.29 is 19.4 Å². The van der Waals surface area contributed by atoms with Gasteiger partial charge in [-0.25, -0.2) is 9.78 Å². The van der Waals surface area contributed by atoms with Gasteiger partial charge in [-0.1, -0.05) is 30.3 Å². The summed E-state index contributed by atoms with van der Waals surface area (Å²) in [5.41, 5.74) is 3.89. The van der Waals surface area contributed by atoms with Gasteiger partial charge in [0.25, 0.3) is 0 Å². The van der Waals surface area contributed by atoms with E-state index in [1.165, 1.54) is 12.1 Å². The molecule has 0 saturated carbocycles. The van der Waals surface area contributed by atoms with Crippen LogP contribution in [-0.2, 0) is 11.4 Å². The van der Waals surface area contributed by atoms with Gasteiger partial charge in [-0.3, -0.25) is 4.79 Å². The Morgan fingerprint density at radius 1 is 1.09 bits per heavy atom. The molecule has 0 spiro atoms. The van der Waals surface area contributed by atoms with E-state index in [1.54, 1.807) is 24.3 Å². The number of hydrogen-bond donors (Lipinski definition) is 3. The Morgan fingerprint density at radius 2 is 1.88 bits per heavy atom. The number of fused-ring (bicyclic) bond motifs is 1. The van der Waals surface area contributed by atoms with E-state index >= 15 is 0 Å². The number of para-hydroxylation sites is 3. The van der Waals surface area contributed by atoms with Gasteiger partial charge in [0.1, 0.15) is 18.2 Å². The smallest absolute Gasteiger partial charge is 0.337 e. The first kappa shape index (κ1) is 20.9. The standard InChI is InChI=1S/C25H21N3O4/c1-16-14-17(11-13-24(29)28-19-7-3-2-6-18(19)25(30)31)10-12-22(16)32-15-23-26-20-8-4-5-9-21(20)27-23/h2-14H,15H2,1H3,(H,26,27)(H,28,29)(H,30,31)/b13-11+. The van der Waals surface area contributed by atoms with Crippen molar-refractivity contribution in [1.82, 2.24) is 9.97 Å². The maximum atomic E-state index is 12.2. The highest BCUT2D eigenvalue weighted by atomic mass is 16.5. The highest BCUT2D eigenvalue weighted by Gasteiger charge is 2.10. The number of carboxylic acids is 1. The number of aromatic nitrogens is 2. The number of aromatic carboxylic acids is 1. The molecule has 32 heavy (non-hydrogen) atoms. The number of rotatable bonds is 7. The van der Waals surface area contributed by atoms with E-state index < -0.39 is 11.9 Å². The van der Waals surface area contributed by atoms with Gasteiger partial charge in [-0.15, -0.1) is 0 Å². The number of amides is 1. The first-order valence-corrected chi connectivity index (χ1v) is 9.98. The lowest BCUT2D eigenvalue weighted by Gasteiger charge is -2.08. The molecular weight excluding hydrogens is 406 g/mol. The summed E-state index contributed by atoms with van der Waals surface area (Å²) in [6, 6.07) is 19.7. The van der Waals surface area contributed by atoms with E-state index in [9.17, 15) is 14.7 Å². The van der Waals surface area contributed by atoms with Crippen molar-refractivity contribution in [1.29, 1.82) is 0 Å². The molecule has 7 nitrogen and oxygen atoms in total. The summed E-state index contributed by atoms with van der Waals surface area (Å²) in [4.78, 5) is 31.2. The number of hydrogen-bond acceptors (Lipinski definition) is 4. The van der Waals surface area contributed by atoms with Gasteiger partial charge < -0.3 is 20.1 Å². The van der Waals surface area contributed by atoms with Crippen LogP contribution in [0.25, 0.3) is 17.1 Å². The van der Waals surface area contributed by atoms with E-state index in [0.29, 0.717) is 6.61 Å². The monoisotopic (exact) mass is 427 g/mol. The van der Waals surface area contributed by atoms with Crippen molar-refractivity contribution in [3.05, 3.63) is 95.3 Å². The first-order valence-electron chi connectivity index (χ1n) is 9.98. The molecule has 0 radical (unpaired) electrons. The number of anilines is 1. The number of carboxylic acid groups (broad SMARTS) is 1. The highest BCUT2D eigenvalue weighted by Crippen LogP contribution is 2.22. The SMILES string of the molecule is Cc1cc(/C=C/C(=O)Nc2ccccc2C(=O)O)ccc1OCc1nc2ccccc2[nH]1. The zero-order valence-corrected chi connectivity index (χ0v) is 17.3. The number of carbonyl (C=O) groups excluding carboxylic acids is 1. The Hall–Kier alpha value is -4.39. The molecule has 0 unspecified atom stereocenters. The second-order valence-electron chi connectivity index (χ2n) is 7.19. The zero-order chi connectivity index (χ0) is 22.5. The molecule has 0 atom stereocenters. The molecule has 3 N–H and O–H groups in total. The summed E-state index contributed by atoms with van der Waals surface area (Å²) in [6.07, 6.45) is 3.02. The van der Waals surface area contributed by atoms with E-state index in [-0.39, 0.29) is 11.3 Å². The molecule has 3 aromatic carbocycles. The van der Waals surface area contributed by atoms with Gasteiger partial charge >= 0.3 is 5.97 Å². The number of nitrogens with zero attached hydrogens (tertiary/aromatic N) is 1. The van der Waals surface area contributed by atoms with Crippen LogP contribution in [0.15, 0.2) is 72.8 Å². The minimum absolute atomic E-state index is 0.0380. The summed E-state index contributed by atoms with van der Waals surface area (Å²) >= 11 is 0. The fourth-order valence-corrected chi connectivity index (χ4v) is 3.28. The average molecular weight is 427 g/mol. The van der Waals surface area contributed by atoms with Gasteiger partial charge in [0, 0.05) is 6.08 Å². The van der Waals surface area contributed by atoms with Crippen molar-refractivity contribution in [2.45, 2.75) is 13.5 Å². The molecule has 0 saturated heterocycles. The van der Waals surface area contributed by atoms with Crippen LogP contribution < -0.4 is 10.1 Å². The molecule has 4 aromatic rings. The second kappa shape index (κ2) is 9.18. The molecule has 7 heteroatoms. The van der Waals surface area contributed by atoms with Crippen molar-refractivity contribution in [3.63, 3.8) is 0 Å². The summed E-state index contributed by atoms with van der Waals surface area (Å²) in [5.74, 6) is -0.0457. The van der Waals surface area contributed by atoms with Crippen molar-refractivity contribution in [3.8, 4) is 5.75 Å². The summed E-state index contributed by atoms with van der Waals surface area (Å²) in [6.45, 7) is 2.24. The van der Waals surface area contributed by atoms with Gasteiger partial charge in [0.15, 0.2) is 0 Å². The first-order chi connectivity index (χ1) is 15.5. The molecule has 4 rings (SSSR count). The van der Waals surface area contributed by atoms with Gasteiger partial charge in [0.05, 0.1) is 22.3 Å². The number of benzene rings is 3. The van der Waals surface area contributed by atoms with Crippen LogP contribution in [0.5, 0.6) is 5.75 Å². The van der Waals surface area contributed by atoms with E-state index in [2.05, 4.69) is 15.3 Å². The number of aromatic amines is 1. The zero-order valence-electron chi connectivity index (χ0n) is 17.3. The van der Waals surface area contributed by atoms with Crippen LogP contribution in [0.3, 0.4) is 0 Å². The maximum absolute atomic E-state index is 12.2. The van der Waals surface area contributed by atoms with E-state index in [0.717, 1.165) is 33.7 Å². The molecule has 1 amide bonds. The Bertz CT molecular complexity index is 1290. The van der Waals surface area contributed by atoms with Crippen LogP contribution >= 0.6 is 0 Å². The summed E-state index contributed by atoms with van der Waals surface area (Å²) < 4.78 is 5.89. The van der Waals surface area contributed by atoms with E-state index in [4.69, 9.17) is 4.74 Å². The Kier molecular flexibility index (Phi) is 5.98. The molecule has 0 aliphatic rings. The van der Waals surface area contributed by atoms with Gasteiger partial charge in [-0.05, 0) is 60.5 Å². The minimum Gasteiger partial charge on any atom is -0.485 e. The number of imidazole rings is 1. The third kappa shape index (κ3) is 4.84. The highest BCUT2D eigenvalue weighted by molar-refractivity contribution is 6.06. The van der Waals surface area contributed by atoms with Crippen molar-refractivity contribution in [2.24, 2.45) is 0 Å². The molecule has 0 aliphatic carbocycles. The number of ether oxygens (including phenoxy) is 1. The predicted molar refractivity (Wildman–Crippen MR) is 123 cm³/mol. The lowest BCUT2D eigenvalue weighted by atomic mass is 10.1. The molecule has 1 heterocycles.